The predicted molar refractivity (Wildman–Crippen MR) is 78.2 cm³/mol. The SMILES string of the molecule is CC(C)NCc1cnc(Oc2cc(Br)ccc2F)cn1. The molecule has 0 unspecified atom stereocenters. The predicted octanol–water partition coefficient (Wildman–Crippen LogP) is 3.67. The highest BCUT2D eigenvalue weighted by Crippen LogP contribution is 2.26. The number of aromatic nitrogens is 2. The number of halogens is 2. The van der Waals surface area contributed by atoms with E-state index in [9.17, 15) is 4.39 Å². The zero-order chi connectivity index (χ0) is 14.5. The van der Waals surface area contributed by atoms with Gasteiger partial charge in [-0.3, -0.25) is 4.98 Å². The summed E-state index contributed by atoms with van der Waals surface area (Å²) in [5.41, 5.74) is 0.806. The van der Waals surface area contributed by atoms with E-state index in [1.165, 1.54) is 12.3 Å². The summed E-state index contributed by atoms with van der Waals surface area (Å²) >= 11 is 3.26. The number of benzene rings is 1. The molecule has 0 fully saturated rings. The third-order valence-corrected chi connectivity index (χ3v) is 2.97. The van der Waals surface area contributed by atoms with E-state index in [1.54, 1.807) is 18.3 Å². The molecule has 0 spiro atoms. The Kier molecular flexibility index (Phi) is 5.03. The van der Waals surface area contributed by atoms with Crippen molar-refractivity contribution < 1.29 is 9.13 Å². The molecule has 106 valence electrons. The molecule has 6 heteroatoms. The van der Waals surface area contributed by atoms with Crippen LogP contribution in [0.15, 0.2) is 35.1 Å². The van der Waals surface area contributed by atoms with E-state index in [0.717, 1.165) is 10.2 Å². The summed E-state index contributed by atoms with van der Waals surface area (Å²) in [6.07, 6.45) is 3.10. The van der Waals surface area contributed by atoms with Gasteiger partial charge in [0, 0.05) is 17.1 Å². The molecule has 0 bridgehead atoms. The minimum Gasteiger partial charge on any atom is -0.434 e. The molecule has 0 saturated heterocycles. The first kappa shape index (κ1) is 14.9. The highest BCUT2D eigenvalue weighted by atomic mass is 79.9. The fourth-order valence-corrected chi connectivity index (χ4v) is 1.80. The second kappa shape index (κ2) is 6.76. The van der Waals surface area contributed by atoms with E-state index in [-0.39, 0.29) is 11.6 Å². The Bertz CT molecular complexity index is 575. The number of nitrogens with zero attached hydrogens (tertiary/aromatic N) is 2. The van der Waals surface area contributed by atoms with E-state index in [0.29, 0.717) is 12.6 Å². The van der Waals surface area contributed by atoms with Gasteiger partial charge in [-0.05, 0) is 18.2 Å². The van der Waals surface area contributed by atoms with Crippen LogP contribution in [0.3, 0.4) is 0 Å². The lowest BCUT2D eigenvalue weighted by Crippen LogP contribution is -2.22. The van der Waals surface area contributed by atoms with Gasteiger partial charge in [-0.1, -0.05) is 29.8 Å². The molecule has 1 heterocycles. The lowest BCUT2D eigenvalue weighted by molar-refractivity contribution is 0.424. The highest BCUT2D eigenvalue weighted by molar-refractivity contribution is 9.10. The third kappa shape index (κ3) is 4.25. The van der Waals surface area contributed by atoms with Crippen LogP contribution in [0.25, 0.3) is 0 Å². The van der Waals surface area contributed by atoms with E-state index >= 15 is 0 Å². The summed E-state index contributed by atoms with van der Waals surface area (Å²) in [5, 5.41) is 3.24. The molecule has 4 nitrogen and oxygen atoms in total. The number of ether oxygens (including phenoxy) is 1. The van der Waals surface area contributed by atoms with Crippen LogP contribution in [0.5, 0.6) is 11.6 Å². The summed E-state index contributed by atoms with van der Waals surface area (Å²) in [6.45, 7) is 4.75. The summed E-state index contributed by atoms with van der Waals surface area (Å²) in [5.74, 6) is -0.0717. The zero-order valence-corrected chi connectivity index (χ0v) is 12.8. The van der Waals surface area contributed by atoms with Crippen LogP contribution in [0.1, 0.15) is 19.5 Å². The van der Waals surface area contributed by atoms with Gasteiger partial charge in [0.1, 0.15) is 0 Å². The van der Waals surface area contributed by atoms with Crippen molar-refractivity contribution in [3.8, 4) is 11.6 Å². The third-order valence-electron chi connectivity index (χ3n) is 2.48. The van der Waals surface area contributed by atoms with Crippen LogP contribution in [0.2, 0.25) is 0 Å². The quantitative estimate of drug-likeness (QED) is 0.902. The second-order valence-corrected chi connectivity index (χ2v) is 5.47. The van der Waals surface area contributed by atoms with Gasteiger partial charge in [0.2, 0.25) is 5.88 Å². The molecule has 2 aromatic rings. The maximum atomic E-state index is 13.5. The van der Waals surface area contributed by atoms with Crippen LogP contribution in [-0.4, -0.2) is 16.0 Å². The summed E-state index contributed by atoms with van der Waals surface area (Å²) in [4.78, 5) is 8.33. The molecular weight excluding hydrogens is 325 g/mol. The van der Waals surface area contributed by atoms with Crippen molar-refractivity contribution in [2.45, 2.75) is 26.4 Å². The number of hydrogen-bond acceptors (Lipinski definition) is 4. The minimum absolute atomic E-state index is 0.113. The molecule has 0 amide bonds. The lowest BCUT2D eigenvalue weighted by Gasteiger charge is -2.08. The Balaban J connectivity index is 2.05. The maximum Gasteiger partial charge on any atom is 0.237 e. The largest absolute Gasteiger partial charge is 0.434 e. The number of nitrogens with one attached hydrogen (secondary N) is 1. The Labute approximate surface area is 125 Å². The van der Waals surface area contributed by atoms with Gasteiger partial charge in [-0.15, -0.1) is 0 Å². The van der Waals surface area contributed by atoms with Crippen LogP contribution in [0, 0.1) is 5.82 Å². The smallest absolute Gasteiger partial charge is 0.237 e. The van der Waals surface area contributed by atoms with Crippen LogP contribution in [0.4, 0.5) is 4.39 Å². The van der Waals surface area contributed by atoms with Crippen molar-refractivity contribution in [1.29, 1.82) is 0 Å². The molecule has 0 aliphatic rings. The molecule has 0 saturated carbocycles. The Hall–Kier alpha value is -1.53. The fraction of sp³-hybridized carbons (Fsp3) is 0.286. The van der Waals surface area contributed by atoms with Crippen molar-refractivity contribution in [2.75, 3.05) is 0 Å². The van der Waals surface area contributed by atoms with Crippen molar-refractivity contribution >= 4 is 15.9 Å². The standard InChI is InChI=1S/C14H15BrFN3O/c1-9(2)17-6-11-7-19-14(8-18-11)20-13-5-10(15)3-4-12(13)16/h3-5,7-9,17H,6H2,1-2H3. The zero-order valence-electron chi connectivity index (χ0n) is 11.2. The first-order valence-corrected chi connectivity index (χ1v) is 7.01. The Morgan fingerprint density at radius 2 is 2.10 bits per heavy atom. The second-order valence-electron chi connectivity index (χ2n) is 4.56. The van der Waals surface area contributed by atoms with Crippen molar-refractivity contribution in [3.63, 3.8) is 0 Å². The van der Waals surface area contributed by atoms with Gasteiger partial charge in [0.25, 0.3) is 0 Å². The maximum absolute atomic E-state index is 13.5. The fourth-order valence-electron chi connectivity index (χ4n) is 1.46. The Morgan fingerprint density at radius 1 is 1.30 bits per heavy atom. The highest BCUT2D eigenvalue weighted by Gasteiger charge is 2.07. The van der Waals surface area contributed by atoms with E-state index in [1.807, 2.05) is 0 Å². The van der Waals surface area contributed by atoms with Gasteiger partial charge in [-0.25, -0.2) is 9.37 Å². The summed E-state index contributed by atoms with van der Waals surface area (Å²) < 4.78 is 19.6. The molecule has 0 atom stereocenters. The van der Waals surface area contributed by atoms with Crippen molar-refractivity contribution in [1.82, 2.24) is 15.3 Å². The molecule has 20 heavy (non-hydrogen) atoms. The average molecular weight is 340 g/mol. The molecule has 1 N–H and O–H groups in total. The average Bonchev–Trinajstić information content (AvgIpc) is 2.42. The van der Waals surface area contributed by atoms with Crippen LogP contribution in [-0.2, 0) is 6.54 Å². The molecule has 2 rings (SSSR count). The first-order chi connectivity index (χ1) is 9.54. The number of hydrogen-bond donors (Lipinski definition) is 1. The topological polar surface area (TPSA) is 47.0 Å². The first-order valence-electron chi connectivity index (χ1n) is 6.22. The van der Waals surface area contributed by atoms with Crippen molar-refractivity contribution in [3.05, 3.63) is 46.6 Å². The van der Waals surface area contributed by atoms with Gasteiger partial charge in [0.05, 0.1) is 18.1 Å². The van der Waals surface area contributed by atoms with Crippen LogP contribution < -0.4 is 10.1 Å². The van der Waals surface area contributed by atoms with Crippen molar-refractivity contribution in [2.24, 2.45) is 0 Å². The van der Waals surface area contributed by atoms with E-state index in [2.05, 4.69) is 45.1 Å². The molecule has 0 aliphatic heterocycles. The minimum atomic E-state index is -0.444. The van der Waals surface area contributed by atoms with Gasteiger partial charge in [0.15, 0.2) is 11.6 Å². The lowest BCUT2D eigenvalue weighted by atomic mass is 10.3. The molecular formula is C14H15BrFN3O. The molecule has 0 aliphatic carbocycles. The van der Waals surface area contributed by atoms with Crippen LogP contribution >= 0.6 is 15.9 Å². The summed E-state index contributed by atoms with van der Waals surface area (Å²) in [7, 11) is 0. The monoisotopic (exact) mass is 339 g/mol. The molecule has 1 aromatic heterocycles. The molecule has 1 aromatic carbocycles. The summed E-state index contributed by atoms with van der Waals surface area (Å²) in [6, 6.07) is 4.86. The number of rotatable bonds is 5. The van der Waals surface area contributed by atoms with Gasteiger partial charge in [-0.2, -0.15) is 0 Å². The Morgan fingerprint density at radius 3 is 2.75 bits per heavy atom. The normalized spacial score (nSPS) is 10.8. The van der Waals surface area contributed by atoms with E-state index in [4.69, 9.17) is 4.74 Å². The van der Waals surface area contributed by atoms with E-state index < -0.39 is 5.82 Å². The molecule has 0 radical (unpaired) electrons. The van der Waals surface area contributed by atoms with Gasteiger partial charge >= 0.3 is 0 Å². The van der Waals surface area contributed by atoms with Gasteiger partial charge < -0.3 is 10.1 Å².